The number of nitriles is 1. The number of benzene rings is 2. The van der Waals surface area contributed by atoms with Crippen LogP contribution in [0.4, 0.5) is 17.6 Å². The quantitative estimate of drug-likeness (QED) is 0.564. The summed E-state index contributed by atoms with van der Waals surface area (Å²) in [6, 6.07) is 5.80. The Morgan fingerprint density at radius 3 is 2.48 bits per heavy atom. The van der Waals surface area contributed by atoms with Gasteiger partial charge in [0.1, 0.15) is 5.75 Å². The van der Waals surface area contributed by atoms with Crippen LogP contribution in [0.25, 0.3) is 0 Å². The Morgan fingerprint density at radius 2 is 1.89 bits per heavy atom. The van der Waals surface area contributed by atoms with Crippen molar-refractivity contribution in [2.75, 3.05) is 0 Å². The number of hydrogen-bond donors (Lipinski definition) is 2. The SMILES string of the molecule is Cc1cc(C#N)cc(Oc2c(O)c(O)c3c(c2C(F)F)C(=O)C(F)(F)S3)c1. The number of Topliss-reactive ketones (excluding diaryl/α,β-unsaturated/α-hetero) is 1. The van der Waals surface area contributed by atoms with Gasteiger partial charge >= 0.3 is 5.25 Å². The molecule has 2 aromatic carbocycles. The molecule has 0 aromatic heterocycles. The first-order valence-electron chi connectivity index (χ1n) is 7.28. The average molecular weight is 399 g/mol. The lowest BCUT2D eigenvalue weighted by atomic mass is 10.0. The lowest BCUT2D eigenvalue weighted by molar-refractivity contribution is 0.0573. The van der Waals surface area contributed by atoms with E-state index >= 15 is 0 Å². The van der Waals surface area contributed by atoms with Gasteiger partial charge in [-0.2, -0.15) is 14.0 Å². The third kappa shape index (κ3) is 3.04. The molecule has 0 aliphatic carbocycles. The zero-order valence-electron chi connectivity index (χ0n) is 13.4. The number of thioether (sulfide) groups is 1. The molecule has 3 rings (SSSR count). The first-order chi connectivity index (χ1) is 12.6. The van der Waals surface area contributed by atoms with Crippen molar-refractivity contribution in [1.82, 2.24) is 0 Å². The molecule has 140 valence electrons. The molecule has 0 saturated heterocycles. The predicted octanol–water partition coefficient (Wildman–Crippen LogP) is 4.89. The largest absolute Gasteiger partial charge is 0.503 e. The van der Waals surface area contributed by atoms with E-state index in [4.69, 9.17) is 10.00 Å². The van der Waals surface area contributed by atoms with Gasteiger partial charge in [-0.15, -0.1) is 0 Å². The monoisotopic (exact) mass is 399 g/mol. The van der Waals surface area contributed by atoms with E-state index < -0.39 is 62.5 Å². The minimum Gasteiger partial charge on any atom is -0.503 e. The fourth-order valence-electron chi connectivity index (χ4n) is 2.64. The number of fused-ring (bicyclic) bond motifs is 1. The second kappa shape index (κ2) is 6.35. The molecule has 0 fully saturated rings. The van der Waals surface area contributed by atoms with Gasteiger partial charge in [0, 0.05) is 0 Å². The Morgan fingerprint density at radius 1 is 1.22 bits per heavy atom. The molecular weight excluding hydrogens is 390 g/mol. The number of halogens is 4. The van der Waals surface area contributed by atoms with Crippen LogP contribution in [0, 0.1) is 18.3 Å². The van der Waals surface area contributed by atoms with Crippen molar-refractivity contribution in [3.63, 3.8) is 0 Å². The van der Waals surface area contributed by atoms with Crippen LogP contribution in [0.1, 0.15) is 33.5 Å². The van der Waals surface area contributed by atoms with Gasteiger partial charge in [0.25, 0.3) is 6.43 Å². The molecule has 5 nitrogen and oxygen atoms in total. The average Bonchev–Trinajstić information content (AvgIpc) is 2.82. The highest BCUT2D eigenvalue weighted by Gasteiger charge is 2.53. The van der Waals surface area contributed by atoms with Gasteiger partial charge in [-0.3, -0.25) is 4.79 Å². The maximum Gasteiger partial charge on any atom is 0.360 e. The normalized spacial score (nSPS) is 14.9. The summed E-state index contributed by atoms with van der Waals surface area (Å²) in [6.07, 6.45) is -3.46. The molecule has 0 amide bonds. The minimum atomic E-state index is -4.06. The van der Waals surface area contributed by atoms with Gasteiger partial charge in [-0.25, -0.2) is 8.78 Å². The summed E-state index contributed by atoms with van der Waals surface area (Å²) in [5, 5.41) is 24.9. The molecule has 0 radical (unpaired) electrons. The van der Waals surface area contributed by atoms with E-state index in [1.54, 1.807) is 6.92 Å². The van der Waals surface area contributed by atoms with Crippen molar-refractivity contribution >= 4 is 17.5 Å². The van der Waals surface area contributed by atoms with Crippen molar-refractivity contribution in [2.45, 2.75) is 23.5 Å². The molecule has 0 unspecified atom stereocenters. The van der Waals surface area contributed by atoms with E-state index in [0.717, 1.165) is 6.07 Å². The number of ether oxygens (including phenoxy) is 1. The zero-order valence-corrected chi connectivity index (χ0v) is 14.2. The van der Waals surface area contributed by atoms with Crippen molar-refractivity contribution < 1.29 is 37.3 Å². The molecule has 10 heteroatoms. The number of carbonyl (C=O) groups excluding carboxylic acids is 1. The number of phenols is 2. The minimum absolute atomic E-state index is 0.117. The summed E-state index contributed by atoms with van der Waals surface area (Å²) in [6.45, 7) is 1.59. The summed E-state index contributed by atoms with van der Waals surface area (Å²) in [5.41, 5.74) is -1.72. The molecule has 0 atom stereocenters. The smallest absolute Gasteiger partial charge is 0.360 e. The van der Waals surface area contributed by atoms with Gasteiger partial charge in [0.15, 0.2) is 11.5 Å². The number of hydrogen-bond acceptors (Lipinski definition) is 6. The number of alkyl halides is 4. The maximum absolute atomic E-state index is 13.7. The Balaban J connectivity index is 2.25. The Hall–Kier alpha value is -2.93. The Bertz CT molecular complexity index is 1020. The van der Waals surface area contributed by atoms with E-state index in [9.17, 15) is 32.6 Å². The second-order valence-corrected chi connectivity index (χ2v) is 6.77. The number of aryl methyl sites for hydroxylation is 1. The molecule has 27 heavy (non-hydrogen) atoms. The van der Waals surface area contributed by atoms with Crippen molar-refractivity contribution in [2.24, 2.45) is 0 Å². The van der Waals surface area contributed by atoms with E-state index in [1.165, 1.54) is 12.1 Å². The Kier molecular flexibility index (Phi) is 4.43. The van der Waals surface area contributed by atoms with Gasteiger partial charge in [-0.1, -0.05) is 0 Å². The van der Waals surface area contributed by atoms with Gasteiger partial charge in [0.2, 0.25) is 11.5 Å². The molecule has 0 bridgehead atoms. The summed E-state index contributed by atoms with van der Waals surface area (Å²) in [7, 11) is 0. The highest BCUT2D eigenvalue weighted by Crippen LogP contribution is 2.59. The third-order valence-corrected chi connectivity index (χ3v) is 4.78. The summed E-state index contributed by atoms with van der Waals surface area (Å²) in [4.78, 5) is 11.0. The van der Waals surface area contributed by atoms with Crippen LogP contribution in [-0.4, -0.2) is 21.3 Å². The summed E-state index contributed by atoms with van der Waals surface area (Å²) >= 11 is -0.427. The molecule has 1 heterocycles. The lowest BCUT2D eigenvalue weighted by Crippen LogP contribution is -2.19. The number of aromatic hydroxyl groups is 2. The second-order valence-electron chi connectivity index (χ2n) is 5.64. The fourth-order valence-corrected chi connectivity index (χ4v) is 3.59. The number of carbonyl (C=O) groups is 1. The highest BCUT2D eigenvalue weighted by molar-refractivity contribution is 8.01. The Labute approximate surface area is 153 Å². The highest BCUT2D eigenvalue weighted by atomic mass is 32.2. The van der Waals surface area contributed by atoms with Crippen LogP contribution in [0.5, 0.6) is 23.0 Å². The summed E-state index contributed by atoms with van der Waals surface area (Å²) < 4.78 is 59.8. The molecule has 2 N–H and O–H groups in total. The molecule has 0 spiro atoms. The van der Waals surface area contributed by atoms with Crippen LogP contribution in [-0.2, 0) is 0 Å². The van der Waals surface area contributed by atoms with E-state index in [-0.39, 0.29) is 11.3 Å². The fraction of sp³-hybridized carbons (Fsp3) is 0.176. The lowest BCUT2D eigenvalue weighted by Gasteiger charge is -2.17. The topological polar surface area (TPSA) is 90.6 Å². The van der Waals surface area contributed by atoms with Gasteiger partial charge < -0.3 is 14.9 Å². The van der Waals surface area contributed by atoms with Crippen LogP contribution in [0.2, 0.25) is 0 Å². The number of ketones is 1. The summed E-state index contributed by atoms with van der Waals surface area (Å²) in [5.74, 6) is -5.47. The van der Waals surface area contributed by atoms with Crippen molar-refractivity contribution in [3.05, 3.63) is 40.5 Å². The van der Waals surface area contributed by atoms with Crippen LogP contribution < -0.4 is 4.74 Å². The maximum atomic E-state index is 13.7. The molecule has 0 saturated carbocycles. The van der Waals surface area contributed by atoms with Crippen LogP contribution in [0.3, 0.4) is 0 Å². The molecule has 2 aromatic rings. The molecule has 1 aliphatic heterocycles. The van der Waals surface area contributed by atoms with Crippen molar-refractivity contribution in [1.29, 1.82) is 5.26 Å². The molecule has 1 aliphatic rings. The van der Waals surface area contributed by atoms with Gasteiger partial charge in [0.05, 0.1) is 27.7 Å². The number of phenolic OH excluding ortho intramolecular Hbond substituents is 2. The first kappa shape index (κ1) is 18.8. The van der Waals surface area contributed by atoms with Crippen LogP contribution >= 0.6 is 11.8 Å². The van der Waals surface area contributed by atoms with Gasteiger partial charge in [-0.05, 0) is 42.4 Å². The van der Waals surface area contributed by atoms with Crippen LogP contribution in [0.15, 0.2) is 23.1 Å². The van der Waals surface area contributed by atoms with E-state index in [2.05, 4.69) is 0 Å². The van der Waals surface area contributed by atoms with E-state index in [1.807, 2.05) is 6.07 Å². The van der Waals surface area contributed by atoms with Crippen molar-refractivity contribution in [3.8, 4) is 29.1 Å². The number of nitrogens with zero attached hydrogens (tertiary/aromatic N) is 1. The third-order valence-electron chi connectivity index (χ3n) is 3.74. The zero-order chi connectivity index (χ0) is 20.1. The predicted molar refractivity (Wildman–Crippen MR) is 85.8 cm³/mol. The molecular formula is C17H9F4NO4S. The standard InChI is InChI=1S/C17H9F4NO4S/c1-6-2-7(5-22)4-8(3-6)26-13-9(16(18)19)10-14(12(24)11(13)23)27-17(20,21)15(10)25/h2-4,16,23-24H,1H3. The van der Waals surface area contributed by atoms with E-state index in [0.29, 0.717) is 5.56 Å². The number of rotatable bonds is 3. The first-order valence-corrected chi connectivity index (χ1v) is 8.09.